The Bertz CT molecular complexity index is 499. The highest BCUT2D eigenvalue weighted by Crippen LogP contribution is 2.09. The second-order valence-electron chi connectivity index (χ2n) is 4.12. The number of rotatable bonds is 7. The van der Waals surface area contributed by atoms with Crippen LogP contribution in [-0.2, 0) is 25.3 Å². The van der Waals surface area contributed by atoms with Crippen molar-refractivity contribution in [1.29, 1.82) is 0 Å². The average Bonchev–Trinajstić information content (AvgIpc) is 2.37. The minimum absolute atomic E-state index is 0.0623. The van der Waals surface area contributed by atoms with E-state index in [9.17, 15) is 13.2 Å². The molecule has 106 valence electrons. The first-order valence-corrected chi connectivity index (χ1v) is 7.70. The summed E-state index contributed by atoms with van der Waals surface area (Å²) >= 11 is 0. The van der Waals surface area contributed by atoms with Gasteiger partial charge in [0.15, 0.2) is 0 Å². The molecule has 0 radical (unpaired) electrons. The summed E-state index contributed by atoms with van der Waals surface area (Å²) < 4.78 is 30.0. The molecule has 0 atom stereocenters. The van der Waals surface area contributed by atoms with Crippen molar-refractivity contribution in [3.05, 3.63) is 35.9 Å². The lowest BCUT2D eigenvalue weighted by molar-refractivity contribution is -0.143. The first-order chi connectivity index (χ1) is 8.95. The lowest BCUT2D eigenvalue weighted by Crippen LogP contribution is -2.30. The molecule has 0 bridgehead atoms. The van der Waals surface area contributed by atoms with E-state index in [4.69, 9.17) is 4.74 Å². The van der Waals surface area contributed by atoms with E-state index in [-0.39, 0.29) is 24.7 Å². The molecule has 0 saturated heterocycles. The van der Waals surface area contributed by atoms with E-state index in [1.165, 1.54) is 11.4 Å². The zero-order valence-electron chi connectivity index (χ0n) is 11.2. The average molecular weight is 285 g/mol. The fourth-order valence-electron chi connectivity index (χ4n) is 1.52. The fraction of sp³-hybridized carbons (Fsp3) is 0.462. The van der Waals surface area contributed by atoms with Gasteiger partial charge in [-0.1, -0.05) is 30.3 Å². The molecule has 5 nitrogen and oxygen atoms in total. The Hall–Kier alpha value is -1.40. The molecule has 0 unspecified atom stereocenters. The minimum atomic E-state index is -3.40. The van der Waals surface area contributed by atoms with Crippen LogP contribution < -0.4 is 0 Å². The standard InChI is InChI=1S/C13H19NO4S/c1-3-18-13(15)9-10-14(2)19(16,17)11-12-7-5-4-6-8-12/h4-8H,3,9-11H2,1-2H3. The number of esters is 1. The molecule has 0 aliphatic heterocycles. The lowest BCUT2D eigenvalue weighted by atomic mass is 10.2. The van der Waals surface area contributed by atoms with Gasteiger partial charge in [-0.05, 0) is 12.5 Å². The highest BCUT2D eigenvalue weighted by atomic mass is 32.2. The molecule has 6 heteroatoms. The summed E-state index contributed by atoms with van der Waals surface area (Å²) in [5.41, 5.74) is 0.727. The van der Waals surface area contributed by atoms with Crippen molar-refractivity contribution in [2.75, 3.05) is 20.2 Å². The third kappa shape index (κ3) is 5.40. The van der Waals surface area contributed by atoms with Crippen molar-refractivity contribution in [1.82, 2.24) is 4.31 Å². The first-order valence-electron chi connectivity index (χ1n) is 6.09. The molecular formula is C13H19NO4S. The predicted molar refractivity (Wildman–Crippen MR) is 72.9 cm³/mol. The number of carbonyl (C=O) groups is 1. The molecule has 1 aromatic carbocycles. The summed E-state index contributed by atoms with van der Waals surface area (Å²) in [6.07, 6.45) is 0.0678. The highest BCUT2D eigenvalue weighted by molar-refractivity contribution is 7.88. The number of carbonyl (C=O) groups excluding carboxylic acids is 1. The largest absolute Gasteiger partial charge is 0.466 e. The molecule has 0 N–H and O–H groups in total. The number of benzene rings is 1. The Kier molecular flexibility index (Phi) is 5.98. The summed E-state index contributed by atoms with van der Waals surface area (Å²) in [5.74, 6) is -0.447. The van der Waals surface area contributed by atoms with Crippen molar-refractivity contribution < 1.29 is 17.9 Å². The van der Waals surface area contributed by atoms with Gasteiger partial charge < -0.3 is 4.74 Å². The third-order valence-electron chi connectivity index (χ3n) is 2.60. The molecule has 0 aliphatic carbocycles. The van der Waals surface area contributed by atoms with Crippen molar-refractivity contribution in [2.45, 2.75) is 19.1 Å². The maximum atomic E-state index is 12.0. The molecule has 0 amide bonds. The van der Waals surface area contributed by atoms with Gasteiger partial charge in [0, 0.05) is 13.6 Å². The van der Waals surface area contributed by atoms with Crippen LogP contribution in [0.3, 0.4) is 0 Å². The van der Waals surface area contributed by atoms with Crippen LogP contribution in [0.5, 0.6) is 0 Å². The quantitative estimate of drug-likeness (QED) is 0.710. The Morgan fingerprint density at radius 2 is 1.89 bits per heavy atom. The van der Waals surface area contributed by atoms with E-state index in [1.54, 1.807) is 31.2 Å². The van der Waals surface area contributed by atoms with Crippen LogP contribution in [0.25, 0.3) is 0 Å². The number of nitrogens with zero attached hydrogens (tertiary/aromatic N) is 1. The molecule has 19 heavy (non-hydrogen) atoms. The van der Waals surface area contributed by atoms with Crippen LogP contribution >= 0.6 is 0 Å². The van der Waals surface area contributed by atoms with Gasteiger partial charge in [0.05, 0.1) is 18.8 Å². The number of hydrogen-bond acceptors (Lipinski definition) is 4. The van der Waals surface area contributed by atoms with Gasteiger partial charge in [0.25, 0.3) is 0 Å². The van der Waals surface area contributed by atoms with Gasteiger partial charge in [-0.3, -0.25) is 4.79 Å². The van der Waals surface area contributed by atoms with Gasteiger partial charge in [-0.25, -0.2) is 12.7 Å². The summed E-state index contributed by atoms with van der Waals surface area (Å²) in [4.78, 5) is 11.2. The van der Waals surface area contributed by atoms with E-state index in [0.29, 0.717) is 6.61 Å². The van der Waals surface area contributed by atoms with Crippen LogP contribution in [0, 0.1) is 0 Å². The molecule has 0 heterocycles. The summed E-state index contributed by atoms with van der Waals surface area (Å²) in [7, 11) is -1.93. The van der Waals surface area contributed by atoms with Crippen molar-refractivity contribution in [2.24, 2.45) is 0 Å². The third-order valence-corrected chi connectivity index (χ3v) is 4.43. The van der Waals surface area contributed by atoms with E-state index < -0.39 is 10.0 Å². The van der Waals surface area contributed by atoms with Crippen molar-refractivity contribution >= 4 is 16.0 Å². The Labute approximate surface area is 114 Å². The van der Waals surface area contributed by atoms with E-state index in [0.717, 1.165) is 5.56 Å². The van der Waals surface area contributed by atoms with Gasteiger partial charge in [0.2, 0.25) is 10.0 Å². The monoisotopic (exact) mass is 285 g/mol. The predicted octanol–water partition coefficient (Wildman–Crippen LogP) is 1.40. The van der Waals surface area contributed by atoms with Gasteiger partial charge in [-0.15, -0.1) is 0 Å². The van der Waals surface area contributed by atoms with Gasteiger partial charge in [0.1, 0.15) is 0 Å². The smallest absolute Gasteiger partial charge is 0.307 e. The summed E-state index contributed by atoms with van der Waals surface area (Å²) in [6.45, 7) is 2.15. The van der Waals surface area contributed by atoms with Crippen LogP contribution in [0.2, 0.25) is 0 Å². The van der Waals surface area contributed by atoms with Crippen LogP contribution in [-0.4, -0.2) is 38.9 Å². The SMILES string of the molecule is CCOC(=O)CCN(C)S(=O)(=O)Cc1ccccc1. The lowest BCUT2D eigenvalue weighted by Gasteiger charge is -2.16. The summed E-state index contributed by atoms with van der Waals surface area (Å²) in [6, 6.07) is 8.95. The second kappa shape index (κ2) is 7.25. The molecule has 1 rings (SSSR count). The van der Waals surface area contributed by atoms with E-state index in [2.05, 4.69) is 0 Å². The second-order valence-corrected chi connectivity index (χ2v) is 6.19. The number of ether oxygens (including phenoxy) is 1. The first kappa shape index (κ1) is 15.7. The highest BCUT2D eigenvalue weighted by Gasteiger charge is 2.19. The fourth-order valence-corrected chi connectivity index (χ4v) is 2.72. The minimum Gasteiger partial charge on any atom is -0.466 e. The van der Waals surface area contributed by atoms with Crippen LogP contribution in [0.15, 0.2) is 30.3 Å². The topological polar surface area (TPSA) is 63.7 Å². The maximum Gasteiger partial charge on any atom is 0.307 e. The van der Waals surface area contributed by atoms with Gasteiger partial charge >= 0.3 is 5.97 Å². The molecule has 0 saturated carbocycles. The van der Waals surface area contributed by atoms with E-state index in [1.807, 2.05) is 6.07 Å². The zero-order chi connectivity index (χ0) is 14.3. The Morgan fingerprint density at radius 1 is 1.26 bits per heavy atom. The number of sulfonamides is 1. The Morgan fingerprint density at radius 3 is 2.47 bits per heavy atom. The molecule has 1 aromatic rings. The molecule has 0 aliphatic rings. The van der Waals surface area contributed by atoms with Crippen molar-refractivity contribution in [3.8, 4) is 0 Å². The molecule has 0 aromatic heterocycles. The van der Waals surface area contributed by atoms with E-state index >= 15 is 0 Å². The van der Waals surface area contributed by atoms with Crippen molar-refractivity contribution in [3.63, 3.8) is 0 Å². The summed E-state index contributed by atoms with van der Waals surface area (Å²) in [5, 5.41) is 0. The normalized spacial score (nSPS) is 11.5. The molecular weight excluding hydrogens is 266 g/mol. The molecule has 0 fully saturated rings. The van der Waals surface area contributed by atoms with Crippen LogP contribution in [0.1, 0.15) is 18.9 Å². The number of hydrogen-bond donors (Lipinski definition) is 0. The maximum absolute atomic E-state index is 12.0. The molecule has 0 spiro atoms. The zero-order valence-corrected chi connectivity index (χ0v) is 12.0. The Balaban J connectivity index is 2.55. The van der Waals surface area contributed by atoms with Gasteiger partial charge in [-0.2, -0.15) is 0 Å². The van der Waals surface area contributed by atoms with Crippen LogP contribution in [0.4, 0.5) is 0 Å².